The Morgan fingerprint density at radius 2 is 2.05 bits per heavy atom. The van der Waals surface area contributed by atoms with Crippen molar-refractivity contribution in [2.45, 2.75) is 39.3 Å². The van der Waals surface area contributed by atoms with E-state index in [1.165, 1.54) is 0 Å². The van der Waals surface area contributed by atoms with E-state index in [1.54, 1.807) is 0 Å². The molecule has 21 heavy (non-hydrogen) atoms. The van der Waals surface area contributed by atoms with Crippen LogP contribution in [-0.2, 0) is 11.3 Å². The van der Waals surface area contributed by atoms with Gasteiger partial charge in [-0.2, -0.15) is 0 Å². The number of nitrogens with one attached hydrogen (secondary N) is 2. The molecular weight excluding hydrogens is 356 g/mol. The maximum atomic E-state index is 11.4. The number of benzene rings is 1. The summed E-state index contributed by atoms with van der Waals surface area (Å²) >= 11 is 9.34. The van der Waals surface area contributed by atoms with Crippen LogP contribution in [-0.4, -0.2) is 24.8 Å². The van der Waals surface area contributed by atoms with E-state index < -0.39 is 5.60 Å². The van der Waals surface area contributed by atoms with E-state index in [-0.39, 0.29) is 6.09 Å². The van der Waals surface area contributed by atoms with E-state index in [9.17, 15) is 4.79 Å². The van der Waals surface area contributed by atoms with Gasteiger partial charge in [-0.05, 0) is 67.4 Å². The summed E-state index contributed by atoms with van der Waals surface area (Å²) in [5.74, 6) is 0. The van der Waals surface area contributed by atoms with Crippen LogP contribution in [0.1, 0.15) is 32.8 Å². The maximum Gasteiger partial charge on any atom is 0.407 e. The molecule has 0 saturated carbocycles. The molecule has 1 amide bonds. The molecular formula is C15H22BrClN2O2. The predicted molar refractivity (Wildman–Crippen MR) is 89.7 cm³/mol. The van der Waals surface area contributed by atoms with Gasteiger partial charge in [-0.3, -0.25) is 0 Å². The van der Waals surface area contributed by atoms with Gasteiger partial charge in [-0.15, -0.1) is 0 Å². The number of halogens is 2. The number of alkyl carbamates (subject to hydrolysis) is 1. The lowest BCUT2D eigenvalue weighted by Gasteiger charge is -2.19. The second-order valence-corrected chi connectivity index (χ2v) is 6.97. The van der Waals surface area contributed by atoms with E-state index in [0.717, 1.165) is 29.5 Å². The minimum absolute atomic E-state index is 0.371. The Kier molecular flexibility index (Phi) is 7.49. The highest BCUT2D eigenvalue weighted by Crippen LogP contribution is 2.23. The van der Waals surface area contributed by atoms with Gasteiger partial charge in [0.05, 0.1) is 5.02 Å². The van der Waals surface area contributed by atoms with Gasteiger partial charge in [0.2, 0.25) is 0 Å². The number of amides is 1. The topological polar surface area (TPSA) is 50.4 Å². The molecule has 1 aromatic rings. The molecule has 4 nitrogen and oxygen atoms in total. The molecule has 0 aliphatic rings. The second kappa shape index (κ2) is 8.61. The van der Waals surface area contributed by atoms with Gasteiger partial charge in [0.25, 0.3) is 0 Å². The van der Waals surface area contributed by atoms with Crippen molar-refractivity contribution in [1.82, 2.24) is 10.6 Å². The zero-order chi connectivity index (χ0) is 15.9. The van der Waals surface area contributed by atoms with Crippen LogP contribution in [0.25, 0.3) is 0 Å². The summed E-state index contributed by atoms with van der Waals surface area (Å²) < 4.78 is 6.05. The standard InChI is InChI=1S/C15H22BrClN2O2/c1-15(2,3)21-14(20)19-8-4-7-18-10-11-5-6-13(17)12(16)9-11/h5-6,9,18H,4,7-8,10H2,1-3H3,(H,19,20). The first kappa shape index (κ1) is 18.3. The van der Waals surface area contributed by atoms with E-state index in [2.05, 4.69) is 26.6 Å². The summed E-state index contributed by atoms with van der Waals surface area (Å²) in [6, 6.07) is 5.85. The molecule has 0 spiro atoms. The smallest absolute Gasteiger partial charge is 0.407 e. The molecule has 1 aromatic carbocycles. The maximum absolute atomic E-state index is 11.4. The molecule has 0 aromatic heterocycles. The summed E-state index contributed by atoms with van der Waals surface area (Å²) in [7, 11) is 0. The molecule has 118 valence electrons. The van der Waals surface area contributed by atoms with Crippen molar-refractivity contribution in [3.05, 3.63) is 33.3 Å². The molecule has 0 unspecified atom stereocenters. The highest BCUT2D eigenvalue weighted by molar-refractivity contribution is 9.10. The first-order valence-electron chi connectivity index (χ1n) is 6.89. The van der Waals surface area contributed by atoms with Gasteiger partial charge in [0.1, 0.15) is 5.60 Å². The SMILES string of the molecule is CC(C)(C)OC(=O)NCCCNCc1ccc(Cl)c(Br)c1. The van der Waals surface area contributed by atoms with Crippen LogP contribution in [0.4, 0.5) is 4.79 Å². The summed E-state index contributed by atoms with van der Waals surface area (Å²) in [6.45, 7) is 7.71. The highest BCUT2D eigenvalue weighted by Gasteiger charge is 2.15. The molecule has 0 heterocycles. The van der Waals surface area contributed by atoms with Gasteiger partial charge >= 0.3 is 6.09 Å². The quantitative estimate of drug-likeness (QED) is 0.734. The fourth-order valence-corrected chi connectivity index (χ4v) is 2.14. The molecule has 6 heteroatoms. The largest absolute Gasteiger partial charge is 0.444 e. The van der Waals surface area contributed by atoms with Crippen LogP contribution >= 0.6 is 27.5 Å². The zero-order valence-corrected chi connectivity index (χ0v) is 15.0. The number of hydrogen-bond acceptors (Lipinski definition) is 3. The molecule has 0 aliphatic carbocycles. The average Bonchev–Trinajstić information content (AvgIpc) is 2.35. The van der Waals surface area contributed by atoms with Gasteiger partial charge in [-0.25, -0.2) is 4.79 Å². The average molecular weight is 378 g/mol. The fraction of sp³-hybridized carbons (Fsp3) is 0.533. The highest BCUT2D eigenvalue weighted by atomic mass is 79.9. The number of carbonyl (C=O) groups is 1. The molecule has 0 aliphatic heterocycles. The lowest BCUT2D eigenvalue weighted by molar-refractivity contribution is 0.0527. The third-order valence-electron chi connectivity index (χ3n) is 2.51. The molecule has 1 rings (SSSR count). The van der Waals surface area contributed by atoms with Gasteiger partial charge < -0.3 is 15.4 Å². The monoisotopic (exact) mass is 376 g/mol. The molecule has 0 fully saturated rings. The van der Waals surface area contributed by atoms with Crippen molar-refractivity contribution in [2.75, 3.05) is 13.1 Å². The van der Waals surface area contributed by atoms with Gasteiger partial charge in [0.15, 0.2) is 0 Å². The van der Waals surface area contributed by atoms with E-state index in [0.29, 0.717) is 11.6 Å². The lowest BCUT2D eigenvalue weighted by atomic mass is 10.2. The Hall–Kier alpha value is -0.780. The third-order valence-corrected chi connectivity index (χ3v) is 3.73. The summed E-state index contributed by atoms with van der Waals surface area (Å²) in [5.41, 5.74) is 0.705. The van der Waals surface area contributed by atoms with E-state index in [1.807, 2.05) is 39.0 Å². The van der Waals surface area contributed by atoms with Crippen LogP contribution in [0, 0.1) is 0 Å². The Morgan fingerprint density at radius 1 is 1.33 bits per heavy atom. The molecule has 2 N–H and O–H groups in total. The molecule has 0 radical (unpaired) electrons. The third kappa shape index (κ3) is 8.29. The minimum Gasteiger partial charge on any atom is -0.444 e. The predicted octanol–water partition coefficient (Wildman–Crippen LogP) is 4.11. The molecule has 0 atom stereocenters. The molecule has 0 bridgehead atoms. The molecule has 0 saturated heterocycles. The van der Waals surface area contributed by atoms with Crippen LogP contribution in [0.2, 0.25) is 5.02 Å². The first-order chi connectivity index (χ1) is 9.78. The van der Waals surface area contributed by atoms with Crippen molar-refractivity contribution >= 4 is 33.6 Å². The van der Waals surface area contributed by atoms with Crippen LogP contribution < -0.4 is 10.6 Å². The Labute approximate surface area is 139 Å². The Balaban J connectivity index is 2.12. The normalized spacial score (nSPS) is 11.3. The Morgan fingerprint density at radius 3 is 2.67 bits per heavy atom. The number of rotatable bonds is 6. The fourth-order valence-electron chi connectivity index (χ4n) is 1.60. The number of carbonyl (C=O) groups excluding carboxylic acids is 1. The van der Waals surface area contributed by atoms with Crippen LogP contribution in [0.15, 0.2) is 22.7 Å². The van der Waals surface area contributed by atoms with Crippen molar-refractivity contribution in [2.24, 2.45) is 0 Å². The van der Waals surface area contributed by atoms with Gasteiger partial charge in [0, 0.05) is 17.6 Å². The zero-order valence-electron chi connectivity index (χ0n) is 12.6. The number of hydrogen-bond donors (Lipinski definition) is 2. The number of ether oxygens (including phenoxy) is 1. The van der Waals surface area contributed by atoms with Crippen molar-refractivity contribution in [1.29, 1.82) is 0 Å². The Bertz CT molecular complexity index is 475. The van der Waals surface area contributed by atoms with Crippen LogP contribution in [0.3, 0.4) is 0 Å². The summed E-state index contributed by atoms with van der Waals surface area (Å²) in [4.78, 5) is 11.4. The van der Waals surface area contributed by atoms with Crippen molar-refractivity contribution < 1.29 is 9.53 Å². The van der Waals surface area contributed by atoms with Crippen molar-refractivity contribution in [3.8, 4) is 0 Å². The van der Waals surface area contributed by atoms with Crippen LogP contribution in [0.5, 0.6) is 0 Å². The van der Waals surface area contributed by atoms with E-state index in [4.69, 9.17) is 16.3 Å². The lowest BCUT2D eigenvalue weighted by Crippen LogP contribution is -2.33. The summed E-state index contributed by atoms with van der Waals surface area (Å²) in [5, 5.41) is 6.75. The van der Waals surface area contributed by atoms with E-state index >= 15 is 0 Å². The first-order valence-corrected chi connectivity index (χ1v) is 8.06. The van der Waals surface area contributed by atoms with Crippen molar-refractivity contribution in [3.63, 3.8) is 0 Å². The second-order valence-electron chi connectivity index (χ2n) is 5.71. The van der Waals surface area contributed by atoms with Gasteiger partial charge in [-0.1, -0.05) is 17.7 Å². The summed E-state index contributed by atoms with van der Waals surface area (Å²) in [6.07, 6.45) is 0.470. The minimum atomic E-state index is -0.454.